The van der Waals surface area contributed by atoms with Gasteiger partial charge in [-0.15, -0.1) is 0 Å². The van der Waals surface area contributed by atoms with Crippen LogP contribution in [0.5, 0.6) is 0 Å². The Labute approximate surface area is 194 Å². The zero-order chi connectivity index (χ0) is 25.4. The molecule has 2 rings (SSSR count). The third-order valence-corrected chi connectivity index (χ3v) is 5.02. The summed E-state index contributed by atoms with van der Waals surface area (Å²) < 4.78 is 0. The number of aliphatic hydroxyl groups excluding tert-OH is 1. The number of rotatable bonds is 12. The predicted octanol–water partition coefficient (Wildman–Crippen LogP) is -2.54. The Hall–Kier alpha value is -3.97. The summed E-state index contributed by atoms with van der Waals surface area (Å²) >= 11 is 0. The van der Waals surface area contributed by atoms with Gasteiger partial charge in [-0.2, -0.15) is 0 Å². The van der Waals surface area contributed by atoms with Gasteiger partial charge in [-0.05, 0) is 18.6 Å². The van der Waals surface area contributed by atoms with Crippen molar-refractivity contribution >= 4 is 40.5 Å². The minimum Gasteiger partial charge on any atom is -0.480 e. The van der Waals surface area contributed by atoms with Gasteiger partial charge in [-0.3, -0.25) is 19.2 Å². The fraction of sp³-hybridized carbons (Fsp3) is 0.381. The van der Waals surface area contributed by atoms with E-state index in [9.17, 15) is 34.2 Å². The van der Waals surface area contributed by atoms with E-state index in [0.29, 0.717) is 5.56 Å². The lowest BCUT2D eigenvalue weighted by molar-refractivity contribution is -0.143. The van der Waals surface area contributed by atoms with E-state index < -0.39 is 66.8 Å². The van der Waals surface area contributed by atoms with Crippen molar-refractivity contribution in [2.24, 2.45) is 11.5 Å². The highest BCUT2D eigenvalue weighted by atomic mass is 16.4. The number of nitrogens with two attached hydrogens (primary N) is 2. The van der Waals surface area contributed by atoms with E-state index in [-0.39, 0.29) is 6.42 Å². The number of aromatic amines is 1. The molecule has 0 aliphatic heterocycles. The summed E-state index contributed by atoms with van der Waals surface area (Å²) in [5.74, 6) is -4.78. The van der Waals surface area contributed by atoms with Crippen LogP contribution in [0, 0.1) is 0 Å². The number of fused-ring (bicyclic) bond motifs is 1. The summed E-state index contributed by atoms with van der Waals surface area (Å²) in [6.07, 6.45) is -0.145. The molecule has 13 nitrogen and oxygen atoms in total. The molecule has 0 radical (unpaired) electrons. The van der Waals surface area contributed by atoms with Gasteiger partial charge in [0.1, 0.15) is 18.1 Å². The highest BCUT2D eigenvalue weighted by Gasteiger charge is 2.29. The maximum Gasteiger partial charge on any atom is 0.326 e. The number of aromatic nitrogens is 1. The highest BCUT2D eigenvalue weighted by molar-refractivity contribution is 5.94. The summed E-state index contributed by atoms with van der Waals surface area (Å²) in [4.78, 5) is 62.8. The fourth-order valence-corrected chi connectivity index (χ4v) is 3.15. The van der Waals surface area contributed by atoms with Crippen LogP contribution in [-0.2, 0) is 30.4 Å². The minimum atomic E-state index is -1.59. The lowest BCUT2D eigenvalue weighted by Crippen LogP contribution is -2.55. The molecule has 0 aliphatic carbocycles. The van der Waals surface area contributed by atoms with Gasteiger partial charge < -0.3 is 42.6 Å². The third-order valence-electron chi connectivity index (χ3n) is 5.02. The summed E-state index contributed by atoms with van der Waals surface area (Å²) in [5.41, 5.74) is 12.0. The zero-order valence-corrected chi connectivity index (χ0v) is 18.4. The van der Waals surface area contributed by atoms with Crippen LogP contribution < -0.4 is 27.4 Å². The Bertz CT molecular complexity index is 1070. The topological polar surface area (TPSA) is 230 Å². The van der Waals surface area contributed by atoms with Crippen LogP contribution in [0.15, 0.2) is 30.5 Å². The lowest BCUT2D eigenvalue weighted by atomic mass is 10.0. The molecule has 1 aromatic heterocycles. The van der Waals surface area contributed by atoms with Crippen LogP contribution in [-0.4, -0.2) is 75.6 Å². The standard InChI is InChI=1S/C21H28N6O7/c1-10(28)18(23)20(32)25-9-17(30)26-14(19(31)27-15(21(33)34)7-16(22)29)6-11-8-24-13-5-3-2-4-12(11)13/h2-5,8,10,14-15,18,24,28H,6-7,9,23H2,1H3,(H2,22,29)(H,25,32)(H,26,30)(H,27,31)(H,33,34). The van der Waals surface area contributed by atoms with Crippen molar-refractivity contribution in [1.29, 1.82) is 0 Å². The molecule has 2 aromatic rings. The molecule has 184 valence electrons. The monoisotopic (exact) mass is 476 g/mol. The molecule has 0 aliphatic rings. The molecular formula is C21H28N6O7. The average molecular weight is 476 g/mol. The van der Waals surface area contributed by atoms with E-state index in [1.165, 1.54) is 6.92 Å². The van der Waals surface area contributed by atoms with Gasteiger partial charge >= 0.3 is 5.97 Å². The number of carboxylic acid groups (broad SMARTS) is 1. The van der Waals surface area contributed by atoms with Crippen LogP contribution in [0.2, 0.25) is 0 Å². The van der Waals surface area contributed by atoms with Crippen molar-refractivity contribution in [3.8, 4) is 0 Å². The first kappa shape index (κ1) is 26.3. The number of amides is 4. The van der Waals surface area contributed by atoms with Gasteiger partial charge in [0.2, 0.25) is 23.6 Å². The second-order valence-electron chi connectivity index (χ2n) is 7.74. The molecule has 0 bridgehead atoms. The molecular weight excluding hydrogens is 448 g/mol. The van der Waals surface area contributed by atoms with Crippen LogP contribution >= 0.6 is 0 Å². The second kappa shape index (κ2) is 11.8. The molecule has 10 N–H and O–H groups in total. The number of carboxylic acids is 1. The van der Waals surface area contributed by atoms with E-state index in [0.717, 1.165) is 10.9 Å². The number of carbonyl (C=O) groups is 5. The van der Waals surface area contributed by atoms with Crippen molar-refractivity contribution in [3.05, 3.63) is 36.0 Å². The largest absolute Gasteiger partial charge is 0.480 e. The van der Waals surface area contributed by atoms with Crippen molar-refractivity contribution in [1.82, 2.24) is 20.9 Å². The van der Waals surface area contributed by atoms with Gasteiger partial charge in [0.05, 0.1) is 19.1 Å². The number of primary amides is 1. The molecule has 4 amide bonds. The summed E-state index contributed by atoms with van der Waals surface area (Å²) in [5, 5.41) is 26.4. The van der Waals surface area contributed by atoms with Crippen LogP contribution in [0.4, 0.5) is 0 Å². The second-order valence-corrected chi connectivity index (χ2v) is 7.74. The van der Waals surface area contributed by atoms with E-state index in [1.54, 1.807) is 12.3 Å². The first-order valence-corrected chi connectivity index (χ1v) is 10.4. The fourth-order valence-electron chi connectivity index (χ4n) is 3.15. The van der Waals surface area contributed by atoms with E-state index >= 15 is 0 Å². The van der Waals surface area contributed by atoms with Gasteiger partial charge in [-0.25, -0.2) is 4.79 Å². The summed E-state index contributed by atoms with van der Waals surface area (Å²) in [6, 6.07) is 3.16. The first-order chi connectivity index (χ1) is 16.0. The lowest BCUT2D eigenvalue weighted by Gasteiger charge is -2.21. The number of nitrogens with one attached hydrogen (secondary N) is 4. The van der Waals surface area contributed by atoms with Crippen LogP contribution in [0.3, 0.4) is 0 Å². The van der Waals surface area contributed by atoms with Crippen molar-refractivity contribution in [2.75, 3.05) is 6.54 Å². The Morgan fingerprint density at radius 1 is 1.06 bits per heavy atom. The molecule has 4 unspecified atom stereocenters. The summed E-state index contributed by atoms with van der Waals surface area (Å²) in [6.45, 7) is 0.775. The molecule has 4 atom stereocenters. The number of benzene rings is 1. The van der Waals surface area contributed by atoms with E-state index in [1.807, 2.05) is 18.2 Å². The molecule has 34 heavy (non-hydrogen) atoms. The Morgan fingerprint density at radius 3 is 2.35 bits per heavy atom. The van der Waals surface area contributed by atoms with Gasteiger partial charge in [-0.1, -0.05) is 18.2 Å². The smallest absolute Gasteiger partial charge is 0.326 e. The first-order valence-electron chi connectivity index (χ1n) is 10.4. The number of hydrogen-bond donors (Lipinski definition) is 8. The normalized spacial score (nSPS) is 14.4. The van der Waals surface area contributed by atoms with Crippen LogP contribution in [0.25, 0.3) is 10.9 Å². The minimum absolute atomic E-state index is 0.0222. The Morgan fingerprint density at radius 2 is 1.74 bits per heavy atom. The number of para-hydroxylation sites is 1. The molecule has 0 spiro atoms. The third kappa shape index (κ3) is 7.28. The summed E-state index contributed by atoms with van der Waals surface area (Å²) in [7, 11) is 0. The number of hydrogen-bond acceptors (Lipinski definition) is 7. The number of H-pyrrole nitrogens is 1. The molecule has 0 fully saturated rings. The van der Waals surface area contributed by atoms with Crippen molar-refractivity contribution in [3.63, 3.8) is 0 Å². The van der Waals surface area contributed by atoms with E-state index in [4.69, 9.17) is 11.5 Å². The quantitative estimate of drug-likeness (QED) is 0.162. The maximum atomic E-state index is 12.9. The SMILES string of the molecule is CC(O)C(N)C(=O)NCC(=O)NC(Cc1c[nH]c2ccccc12)C(=O)NC(CC(N)=O)C(=O)O. The Balaban J connectivity index is 2.18. The average Bonchev–Trinajstić information content (AvgIpc) is 3.18. The number of carbonyl (C=O) groups excluding carboxylic acids is 4. The van der Waals surface area contributed by atoms with E-state index in [2.05, 4.69) is 20.9 Å². The molecule has 0 saturated heterocycles. The highest BCUT2D eigenvalue weighted by Crippen LogP contribution is 2.19. The molecule has 0 saturated carbocycles. The molecule has 1 aromatic carbocycles. The van der Waals surface area contributed by atoms with Gasteiger partial charge in [0.15, 0.2) is 0 Å². The number of aliphatic hydroxyl groups is 1. The molecule has 13 heteroatoms. The predicted molar refractivity (Wildman–Crippen MR) is 120 cm³/mol. The maximum absolute atomic E-state index is 12.9. The van der Waals surface area contributed by atoms with Gasteiger partial charge in [0, 0.05) is 23.5 Å². The Kier molecular flexibility index (Phi) is 9.10. The zero-order valence-electron chi connectivity index (χ0n) is 18.4. The van der Waals surface area contributed by atoms with Crippen molar-refractivity contribution in [2.45, 2.75) is 44.0 Å². The molecule has 1 heterocycles. The van der Waals surface area contributed by atoms with Crippen LogP contribution in [0.1, 0.15) is 18.9 Å². The van der Waals surface area contributed by atoms with Gasteiger partial charge in [0.25, 0.3) is 0 Å². The number of aliphatic carboxylic acids is 1. The van der Waals surface area contributed by atoms with Crippen molar-refractivity contribution < 1.29 is 34.2 Å².